The third kappa shape index (κ3) is 3.99. The van der Waals surface area contributed by atoms with Gasteiger partial charge in [-0.05, 0) is 75.0 Å². The van der Waals surface area contributed by atoms with Crippen LogP contribution in [0.4, 0.5) is 13.2 Å². The summed E-state index contributed by atoms with van der Waals surface area (Å²) < 4.78 is 40.8. The summed E-state index contributed by atoms with van der Waals surface area (Å²) in [6, 6.07) is 20.7. The fourth-order valence-electron chi connectivity index (χ4n) is 5.53. The molecule has 0 N–H and O–H groups in total. The first kappa shape index (κ1) is 24.3. The summed E-state index contributed by atoms with van der Waals surface area (Å²) in [4.78, 5) is 7.29. The van der Waals surface area contributed by atoms with Gasteiger partial charge in [-0.1, -0.05) is 81.9 Å². The number of rotatable bonds is 4. The largest absolute Gasteiger partial charge is 0.394 e. The van der Waals surface area contributed by atoms with Gasteiger partial charge in [0.25, 0.3) is 0 Å². The Morgan fingerprint density at radius 3 is 2.38 bits per heavy atom. The molecule has 0 fully saturated rings. The van der Waals surface area contributed by atoms with Crippen molar-refractivity contribution < 1.29 is 13.2 Å². The van der Waals surface area contributed by atoms with Crippen molar-refractivity contribution in [1.29, 1.82) is 0 Å². The number of fused-ring (bicyclic) bond motifs is 5. The highest BCUT2D eigenvalue weighted by Gasteiger charge is 2.47. The van der Waals surface area contributed by atoms with E-state index in [1.165, 1.54) is 35.1 Å². The van der Waals surface area contributed by atoms with Crippen molar-refractivity contribution in [2.24, 2.45) is 11.3 Å². The van der Waals surface area contributed by atoms with E-state index < -0.39 is 11.6 Å². The van der Waals surface area contributed by atoms with Crippen LogP contribution in [0.25, 0.3) is 43.6 Å². The van der Waals surface area contributed by atoms with Gasteiger partial charge in [0.05, 0.1) is 11.1 Å². The average Bonchev–Trinajstić information content (AvgIpc) is 2.84. The van der Waals surface area contributed by atoms with Crippen molar-refractivity contribution in [3.63, 3.8) is 0 Å². The Kier molecular flexibility index (Phi) is 5.57. The van der Waals surface area contributed by atoms with Crippen molar-refractivity contribution >= 4 is 44.1 Å². The van der Waals surface area contributed by atoms with Crippen LogP contribution < -0.4 is 0 Å². The van der Waals surface area contributed by atoms with Gasteiger partial charge >= 0.3 is 6.18 Å². The first-order valence-electron chi connectivity index (χ1n) is 12.7. The van der Waals surface area contributed by atoms with Crippen LogP contribution in [0, 0.1) is 11.3 Å². The van der Waals surface area contributed by atoms with Gasteiger partial charge in [0.2, 0.25) is 0 Å². The van der Waals surface area contributed by atoms with Crippen molar-refractivity contribution in [3.05, 3.63) is 78.0 Å². The molecule has 0 spiro atoms. The first-order chi connectivity index (χ1) is 17.5. The number of benzene rings is 4. The van der Waals surface area contributed by atoms with Gasteiger partial charge in [-0.25, -0.2) is 0 Å². The zero-order valence-corrected chi connectivity index (χ0v) is 22.1. The van der Waals surface area contributed by atoms with Crippen LogP contribution in [0.3, 0.4) is 0 Å². The van der Waals surface area contributed by atoms with Crippen LogP contribution in [0.2, 0.25) is 0 Å². The standard InChI is InChI=1S/C32H28F3NS/c1-18(2)13-25-22-8-6-5-7-20(22)15-26-29-28-23(11-12-36-29)24-14-19(17-31(3,4)32(33,34)35)9-10-21(24)16-27(28)37-30(25)26/h5-12,14-16,18H,13,17H2,1-4H3. The lowest BCUT2D eigenvalue weighted by atomic mass is 9.84. The maximum atomic E-state index is 13.6. The van der Waals surface area contributed by atoms with Crippen molar-refractivity contribution in [2.75, 3.05) is 0 Å². The highest BCUT2D eigenvalue weighted by Crippen LogP contribution is 2.52. The van der Waals surface area contributed by atoms with Gasteiger partial charge < -0.3 is 0 Å². The van der Waals surface area contributed by atoms with E-state index in [0.717, 1.165) is 44.1 Å². The summed E-state index contributed by atoms with van der Waals surface area (Å²) in [5.74, 6) is 0.511. The van der Waals surface area contributed by atoms with E-state index in [0.29, 0.717) is 11.5 Å². The summed E-state index contributed by atoms with van der Waals surface area (Å²) in [7, 11) is 0. The van der Waals surface area contributed by atoms with Crippen LogP contribution in [0.5, 0.6) is 0 Å². The molecule has 1 nitrogen and oxygen atoms in total. The van der Waals surface area contributed by atoms with Crippen LogP contribution in [0.1, 0.15) is 38.8 Å². The lowest BCUT2D eigenvalue weighted by Crippen LogP contribution is -2.34. The molecule has 188 valence electrons. The molecular weight excluding hydrogens is 487 g/mol. The Morgan fingerprint density at radius 2 is 1.62 bits per heavy atom. The first-order valence-corrected chi connectivity index (χ1v) is 13.5. The number of nitrogens with zero attached hydrogens (tertiary/aromatic N) is 1. The molecule has 0 amide bonds. The highest BCUT2D eigenvalue weighted by atomic mass is 32.2. The van der Waals surface area contributed by atoms with E-state index in [4.69, 9.17) is 4.98 Å². The van der Waals surface area contributed by atoms with Gasteiger partial charge in [0.15, 0.2) is 0 Å². The zero-order chi connectivity index (χ0) is 26.1. The summed E-state index contributed by atoms with van der Waals surface area (Å²) >= 11 is 1.80. The predicted octanol–water partition coefficient (Wildman–Crippen LogP) is 10.0. The van der Waals surface area contributed by atoms with Crippen molar-refractivity contribution in [1.82, 2.24) is 4.98 Å². The zero-order valence-electron chi connectivity index (χ0n) is 21.3. The molecule has 0 atom stereocenters. The Morgan fingerprint density at radius 1 is 0.865 bits per heavy atom. The summed E-state index contributed by atoms with van der Waals surface area (Å²) in [6.07, 6.45) is -1.50. The van der Waals surface area contributed by atoms with Crippen molar-refractivity contribution in [3.8, 4) is 11.3 Å². The predicted molar refractivity (Wildman–Crippen MR) is 148 cm³/mol. The van der Waals surface area contributed by atoms with Crippen LogP contribution >= 0.6 is 11.8 Å². The molecule has 0 bridgehead atoms. The SMILES string of the molecule is CC(C)Cc1c2c(cc3ccccc13)-c1nccc3c1c(cc1ccc(CC(C)(C)C(F)(F)F)cc13)S2. The van der Waals surface area contributed by atoms with E-state index in [1.807, 2.05) is 30.5 Å². The fourth-order valence-corrected chi connectivity index (χ4v) is 6.83. The second kappa shape index (κ2) is 8.49. The number of halogens is 3. The molecular formula is C32H28F3NS. The molecule has 1 aliphatic heterocycles. The number of aromatic nitrogens is 1. The number of hydrogen-bond donors (Lipinski definition) is 0. The lowest BCUT2D eigenvalue weighted by Gasteiger charge is -2.28. The number of alkyl halides is 3. The van der Waals surface area contributed by atoms with E-state index in [-0.39, 0.29) is 6.42 Å². The lowest BCUT2D eigenvalue weighted by molar-refractivity contribution is -0.211. The van der Waals surface area contributed by atoms with E-state index >= 15 is 0 Å². The molecule has 0 radical (unpaired) electrons. The second-order valence-electron chi connectivity index (χ2n) is 11.2. The molecule has 5 heteroatoms. The second-order valence-corrected chi connectivity index (χ2v) is 12.3. The van der Waals surface area contributed by atoms with E-state index in [2.05, 4.69) is 50.2 Å². The minimum Gasteiger partial charge on any atom is -0.256 e. The van der Waals surface area contributed by atoms with Gasteiger partial charge in [-0.3, -0.25) is 4.98 Å². The Bertz CT molecular complexity index is 1700. The van der Waals surface area contributed by atoms with Gasteiger partial charge in [-0.2, -0.15) is 13.2 Å². The fraction of sp³-hybridized carbons (Fsp3) is 0.281. The normalized spacial score (nSPS) is 13.6. The third-order valence-electron chi connectivity index (χ3n) is 7.49. The molecule has 2 heterocycles. The molecule has 37 heavy (non-hydrogen) atoms. The molecule has 4 aromatic carbocycles. The third-order valence-corrected chi connectivity index (χ3v) is 8.70. The molecule has 6 rings (SSSR count). The molecule has 1 aliphatic rings. The Labute approximate surface area is 219 Å². The minimum atomic E-state index is -4.26. The van der Waals surface area contributed by atoms with Crippen LogP contribution in [0.15, 0.2) is 76.7 Å². The summed E-state index contributed by atoms with van der Waals surface area (Å²) in [6.45, 7) is 7.04. The maximum Gasteiger partial charge on any atom is 0.394 e. The summed E-state index contributed by atoms with van der Waals surface area (Å²) in [5.41, 5.74) is 2.36. The van der Waals surface area contributed by atoms with Gasteiger partial charge in [-0.15, -0.1) is 0 Å². The molecule has 0 unspecified atom stereocenters. The quantitative estimate of drug-likeness (QED) is 0.217. The van der Waals surface area contributed by atoms with Crippen LogP contribution in [-0.2, 0) is 12.8 Å². The molecule has 5 aromatic rings. The number of pyridine rings is 1. The van der Waals surface area contributed by atoms with Gasteiger partial charge in [0, 0.05) is 26.9 Å². The summed E-state index contributed by atoms with van der Waals surface area (Å²) in [5, 5.41) is 6.64. The number of hydrogen-bond acceptors (Lipinski definition) is 2. The molecule has 0 aliphatic carbocycles. The molecule has 0 saturated carbocycles. The molecule has 1 aromatic heterocycles. The smallest absolute Gasteiger partial charge is 0.256 e. The maximum absolute atomic E-state index is 13.6. The topological polar surface area (TPSA) is 12.9 Å². The van der Waals surface area contributed by atoms with Crippen LogP contribution in [-0.4, -0.2) is 11.2 Å². The van der Waals surface area contributed by atoms with Crippen molar-refractivity contribution in [2.45, 2.75) is 56.5 Å². The minimum absolute atomic E-state index is 0.0598. The highest BCUT2D eigenvalue weighted by molar-refractivity contribution is 8.00. The molecule has 0 saturated heterocycles. The van der Waals surface area contributed by atoms with E-state index in [9.17, 15) is 13.2 Å². The average molecular weight is 516 g/mol. The monoisotopic (exact) mass is 515 g/mol. The Balaban J connectivity index is 1.59. The van der Waals surface area contributed by atoms with Gasteiger partial charge in [0.1, 0.15) is 0 Å². The van der Waals surface area contributed by atoms with E-state index in [1.54, 1.807) is 11.8 Å². The Hall–Kier alpha value is -3.05.